The maximum atomic E-state index is 14.1. The van der Waals surface area contributed by atoms with Crippen LogP contribution in [0.1, 0.15) is 29.2 Å². The van der Waals surface area contributed by atoms with Gasteiger partial charge in [-0.2, -0.15) is 0 Å². The van der Waals surface area contributed by atoms with Crippen LogP contribution in [0.3, 0.4) is 0 Å². The number of aryl methyl sites for hydroxylation is 1. The molecule has 2 fully saturated rings. The molecule has 2 amide bonds. The zero-order chi connectivity index (χ0) is 16.1. The minimum Gasteiger partial charge on any atom is -0.345 e. The number of rotatable bonds is 1. The summed E-state index contributed by atoms with van der Waals surface area (Å²) in [5.74, 6) is -3.37. The Morgan fingerprint density at radius 1 is 1.41 bits per heavy atom. The number of nitrogens with zero attached hydrogens (tertiary/aromatic N) is 3. The van der Waals surface area contributed by atoms with Gasteiger partial charge < -0.3 is 14.8 Å². The number of carbonyl (C=O) groups is 2. The first-order valence-electron chi connectivity index (χ1n) is 7.17. The summed E-state index contributed by atoms with van der Waals surface area (Å²) in [6, 6.07) is 0. The van der Waals surface area contributed by atoms with E-state index in [9.17, 15) is 18.4 Å². The Balaban J connectivity index is 1.89. The minimum absolute atomic E-state index is 0.0304. The van der Waals surface area contributed by atoms with Gasteiger partial charge in [0.05, 0.1) is 18.2 Å². The number of hydrogen-bond donors (Lipinski definition) is 1. The molecule has 8 heteroatoms. The Labute approximate surface area is 126 Å². The van der Waals surface area contributed by atoms with Gasteiger partial charge in [-0.1, -0.05) is 0 Å². The lowest BCUT2D eigenvalue weighted by Crippen LogP contribution is -2.57. The van der Waals surface area contributed by atoms with Gasteiger partial charge in [0.2, 0.25) is 5.91 Å². The van der Waals surface area contributed by atoms with Gasteiger partial charge >= 0.3 is 0 Å². The second-order valence-electron chi connectivity index (χ2n) is 6.33. The third-order valence-corrected chi connectivity index (χ3v) is 4.46. The lowest BCUT2D eigenvalue weighted by atomic mass is 9.77. The quantitative estimate of drug-likeness (QED) is 0.842. The van der Waals surface area contributed by atoms with Crippen molar-refractivity contribution in [3.8, 4) is 0 Å². The van der Waals surface area contributed by atoms with E-state index in [1.807, 2.05) is 0 Å². The molecular weight excluding hydrogens is 294 g/mol. The molecule has 0 radical (unpaired) electrons. The number of carbonyl (C=O) groups excluding carboxylic acids is 2. The topological polar surface area (TPSA) is 69.3 Å². The van der Waals surface area contributed by atoms with Crippen LogP contribution in [-0.2, 0) is 4.79 Å². The van der Waals surface area contributed by atoms with E-state index in [-0.39, 0.29) is 18.1 Å². The van der Waals surface area contributed by atoms with Crippen LogP contribution < -0.4 is 0 Å². The van der Waals surface area contributed by atoms with E-state index in [0.29, 0.717) is 18.8 Å². The highest BCUT2D eigenvalue weighted by Crippen LogP contribution is 2.45. The van der Waals surface area contributed by atoms with Crippen LogP contribution >= 0.6 is 0 Å². The molecule has 2 saturated heterocycles. The summed E-state index contributed by atoms with van der Waals surface area (Å²) in [7, 11) is 1.61. The average Bonchev–Trinajstić information content (AvgIpc) is 2.97. The molecule has 1 aromatic heterocycles. The predicted octanol–water partition coefficient (Wildman–Crippen LogP) is 1.05. The van der Waals surface area contributed by atoms with Gasteiger partial charge in [-0.25, -0.2) is 13.8 Å². The third kappa shape index (κ3) is 2.36. The molecule has 3 heterocycles. The number of piperidine rings is 1. The van der Waals surface area contributed by atoms with Crippen LogP contribution in [0.4, 0.5) is 8.78 Å². The summed E-state index contributed by atoms with van der Waals surface area (Å²) in [4.78, 5) is 34.0. The van der Waals surface area contributed by atoms with Gasteiger partial charge in [0.15, 0.2) is 0 Å². The summed E-state index contributed by atoms with van der Waals surface area (Å²) in [6.07, 6.45) is 1.19. The summed E-state index contributed by atoms with van der Waals surface area (Å²) in [5.41, 5.74) is -0.995. The van der Waals surface area contributed by atoms with Gasteiger partial charge in [-0.15, -0.1) is 0 Å². The lowest BCUT2D eigenvalue weighted by molar-refractivity contribution is -0.150. The molecule has 1 aromatic rings. The highest BCUT2D eigenvalue weighted by Gasteiger charge is 2.57. The van der Waals surface area contributed by atoms with E-state index < -0.39 is 30.2 Å². The van der Waals surface area contributed by atoms with Crippen LogP contribution in [0.5, 0.6) is 0 Å². The number of alkyl halides is 2. The maximum absolute atomic E-state index is 14.1. The largest absolute Gasteiger partial charge is 0.345 e. The molecule has 1 spiro atoms. The fourth-order valence-corrected chi connectivity index (χ4v) is 3.46. The molecule has 6 nitrogen and oxygen atoms in total. The van der Waals surface area contributed by atoms with E-state index >= 15 is 0 Å². The van der Waals surface area contributed by atoms with E-state index in [1.54, 1.807) is 14.0 Å². The Kier molecular flexibility index (Phi) is 3.23. The van der Waals surface area contributed by atoms with Crippen molar-refractivity contribution in [2.45, 2.75) is 25.7 Å². The monoisotopic (exact) mass is 312 g/mol. The third-order valence-electron chi connectivity index (χ3n) is 4.46. The minimum atomic E-state index is -3.07. The number of hydrogen-bond acceptors (Lipinski definition) is 3. The molecule has 3 rings (SSSR count). The fourth-order valence-electron chi connectivity index (χ4n) is 3.46. The molecule has 1 atom stereocenters. The van der Waals surface area contributed by atoms with Crippen molar-refractivity contribution in [3.05, 3.63) is 17.7 Å². The fraction of sp³-hybridized carbons (Fsp3) is 0.643. The molecule has 1 unspecified atom stereocenters. The second-order valence-corrected chi connectivity index (χ2v) is 6.33. The highest BCUT2D eigenvalue weighted by atomic mass is 19.3. The van der Waals surface area contributed by atoms with Crippen molar-refractivity contribution in [2.24, 2.45) is 5.41 Å². The van der Waals surface area contributed by atoms with Crippen molar-refractivity contribution in [2.75, 3.05) is 26.7 Å². The van der Waals surface area contributed by atoms with E-state index in [4.69, 9.17) is 0 Å². The summed E-state index contributed by atoms with van der Waals surface area (Å²) >= 11 is 0. The number of likely N-dealkylation sites (tertiary alicyclic amines) is 2. The van der Waals surface area contributed by atoms with Gasteiger partial charge in [-0.3, -0.25) is 9.59 Å². The van der Waals surface area contributed by atoms with Gasteiger partial charge in [0, 0.05) is 26.6 Å². The van der Waals surface area contributed by atoms with Gasteiger partial charge in [0.1, 0.15) is 11.5 Å². The molecule has 1 N–H and O–H groups in total. The first kappa shape index (κ1) is 14.9. The van der Waals surface area contributed by atoms with Crippen LogP contribution in [-0.4, -0.2) is 64.2 Å². The second kappa shape index (κ2) is 4.76. The molecule has 0 aromatic carbocycles. The molecule has 0 bridgehead atoms. The first-order chi connectivity index (χ1) is 10.2. The summed E-state index contributed by atoms with van der Waals surface area (Å²) in [6.45, 7) is 1.49. The number of halogens is 2. The van der Waals surface area contributed by atoms with E-state index in [1.165, 1.54) is 11.1 Å². The molecule has 0 saturated carbocycles. The molecule has 0 aliphatic carbocycles. The van der Waals surface area contributed by atoms with Gasteiger partial charge in [0.25, 0.3) is 11.8 Å². The smallest absolute Gasteiger partial charge is 0.272 e. The van der Waals surface area contributed by atoms with Crippen LogP contribution in [0.2, 0.25) is 0 Å². The number of aromatic amines is 1. The van der Waals surface area contributed by atoms with Crippen molar-refractivity contribution < 1.29 is 18.4 Å². The highest BCUT2D eigenvalue weighted by molar-refractivity contribution is 5.93. The summed E-state index contributed by atoms with van der Waals surface area (Å²) < 4.78 is 28.3. The van der Waals surface area contributed by atoms with Crippen LogP contribution in [0.15, 0.2) is 6.20 Å². The van der Waals surface area contributed by atoms with Crippen molar-refractivity contribution in [1.29, 1.82) is 0 Å². The lowest BCUT2D eigenvalue weighted by Gasteiger charge is -2.42. The standard InChI is InChI=1S/C14H18F2N4O2/c1-9-17-5-10(18-9)11(21)20-7-13(6-14(15,16)8-20)3-4-19(2)12(13)22/h5H,3-4,6-8H2,1-2H3,(H,17,18). The molecule has 2 aliphatic rings. The van der Waals surface area contributed by atoms with Gasteiger partial charge in [-0.05, 0) is 13.3 Å². The zero-order valence-electron chi connectivity index (χ0n) is 12.5. The number of nitrogens with one attached hydrogen (secondary N) is 1. The van der Waals surface area contributed by atoms with Crippen LogP contribution in [0, 0.1) is 12.3 Å². The molecule has 22 heavy (non-hydrogen) atoms. The van der Waals surface area contributed by atoms with Crippen molar-refractivity contribution in [3.63, 3.8) is 0 Å². The number of amides is 2. The Hall–Kier alpha value is -1.99. The average molecular weight is 312 g/mol. The number of H-pyrrole nitrogens is 1. The number of imidazole rings is 1. The number of aromatic nitrogens is 2. The normalized spacial score (nSPS) is 27.7. The first-order valence-corrected chi connectivity index (χ1v) is 7.17. The Bertz CT molecular complexity index is 630. The Morgan fingerprint density at radius 2 is 2.14 bits per heavy atom. The molecular formula is C14H18F2N4O2. The van der Waals surface area contributed by atoms with E-state index in [2.05, 4.69) is 9.97 Å². The van der Waals surface area contributed by atoms with E-state index in [0.717, 1.165) is 4.90 Å². The molecule has 2 aliphatic heterocycles. The van der Waals surface area contributed by atoms with Crippen molar-refractivity contribution >= 4 is 11.8 Å². The predicted molar refractivity (Wildman–Crippen MR) is 73.5 cm³/mol. The SMILES string of the molecule is Cc1ncc(C(=O)N2CC(F)(F)CC3(CCN(C)C3=O)C2)[nH]1. The van der Waals surface area contributed by atoms with Crippen molar-refractivity contribution in [1.82, 2.24) is 19.8 Å². The summed E-state index contributed by atoms with van der Waals surface area (Å²) in [5, 5.41) is 0. The molecule has 120 valence electrons. The maximum Gasteiger partial charge on any atom is 0.272 e. The van der Waals surface area contributed by atoms with Crippen LogP contribution in [0.25, 0.3) is 0 Å². The Morgan fingerprint density at radius 3 is 2.68 bits per heavy atom. The zero-order valence-corrected chi connectivity index (χ0v) is 12.5.